The Bertz CT molecular complexity index is 1140. The zero-order chi connectivity index (χ0) is 19.7. The Morgan fingerprint density at radius 1 is 1.04 bits per heavy atom. The molecule has 0 unspecified atom stereocenters. The van der Waals surface area contributed by atoms with Gasteiger partial charge in [-0.15, -0.1) is 0 Å². The van der Waals surface area contributed by atoms with Crippen molar-refractivity contribution >= 4 is 22.8 Å². The van der Waals surface area contributed by atoms with Crippen LogP contribution in [-0.2, 0) is 12.7 Å². The van der Waals surface area contributed by atoms with E-state index in [1.807, 2.05) is 18.2 Å². The molecule has 0 radical (unpaired) electrons. The van der Waals surface area contributed by atoms with Crippen LogP contribution < -0.4 is 11.1 Å². The number of alkyl halides is 3. The Morgan fingerprint density at radius 2 is 1.89 bits per heavy atom. The number of pyridine rings is 1. The minimum Gasteiger partial charge on any atom is -0.368 e. The second kappa shape index (κ2) is 6.76. The van der Waals surface area contributed by atoms with E-state index in [1.54, 1.807) is 6.20 Å². The molecule has 0 fully saturated rings. The predicted octanol–water partition coefficient (Wildman–Crippen LogP) is 3.02. The van der Waals surface area contributed by atoms with Crippen LogP contribution in [0, 0.1) is 0 Å². The number of aromatic nitrogens is 6. The summed E-state index contributed by atoms with van der Waals surface area (Å²) in [5.74, 6) is 0.434. The standard InChI is InChI=1S/C17H13F3N8/c18-17(19,20)13-3-1-2-11(24-13)8-22-16-26-14(25-15(21)27-16)9-4-5-10-7-23-28-12(10)6-9/h1-7H,8H2,(H,23,28)(H3,21,22,25,26,27). The van der Waals surface area contributed by atoms with Crippen LogP contribution in [0.2, 0.25) is 0 Å². The Kier molecular flexibility index (Phi) is 4.26. The number of nitrogen functional groups attached to an aromatic ring is 1. The van der Waals surface area contributed by atoms with Gasteiger partial charge in [-0.2, -0.15) is 33.2 Å². The summed E-state index contributed by atoms with van der Waals surface area (Å²) in [5.41, 5.74) is 6.47. The van der Waals surface area contributed by atoms with Crippen molar-refractivity contribution in [1.29, 1.82) is 0 Å². The van der Waals surface area contributed by atoms with Crippen molar-refractivity contribution in [2.75, 3.05) is 11.1 Å². The molecule has 0 spiro atoms. The number of nitrogens with zero attached hydrogens (tertiary/aromatic N) is 5. The molecule has 11 heteroatoms. The highest BCUT2D eigenvalue weighted by Gasteiger charge is 2.32. The van der Waals surface area contributed by atoms with Crippen LogP contribution in [0.1, 0.15) is 11.4 Å². The van der Waals surface area contributed by atoms with Gasteiger partial charge in [-0.25, -0.2) is 4.98 Å². The van der Waals surface area contributed by atoms with E-state index >= 15 is 0 Å². The maximum Gasteiger partial charge on any atom is 0.433 e. The van der Waals surface area contributed by atoms with Gasteiger partial charge >= 0.3 is 6.18 Å². The molecule has 142 valence electrons. The van der Waals surface area contributed by atoms with Crippen LogP contribution in [0.3, 0.4) is 0 Å². The molecule has 0 aliphatic carbocycles. The smallest absolute Gasteiger partial charge is 0.368 e. The minimum absolute atomic E-state index is 0.00754. The highest BCUT2D eigenvalue weighted by molar-refractivity contribution is 5.82. The fourth-order valence-corrected chi connectivity index (χ4v) is 2.58. The molecule has 0 atom stereocenters. The number of rotatable bonds is 4. The van der Waals surface area contributed by atoms with Crippen molar-refractivity contribution in [3.05, 3.63) is 54.0 Å². The lowest BCUT2D eigenvalue weighted by molar-refractivity contribution is -0.141. The molecule has 0 saturated carbocycles. The van der Waals surface area contributed by atoms with E-state index in [2.05, 4.69) is 35.5 Å². The Labute approximate surface area is 156 Å². The third-order valence-electron chi connectivity index (χ3n) is 3.88. The summed E-state index contributed by atoms with van der Waals surface area (Å²) < 4.78 is 38.3. The Morgan fingerprint density at radius 3 is 2.71 bits per heavy atom. The number of halogens is 3. The number of nitrogens with two attached hydrogens (primary N) is 1. The number of aromatic amines is 1. The maximum absolute atomic E-state index is 12.8. The monoisotopic (exact) mass is 386 g/mol. The summed E-state index contributed by atoms with van der Waals surface area (Å²) in [6.45, 7) is -0.00754. The van der Waals surface area contributed by atoms with Gasteiger partial charge in [-0.1, -0.05) is 18.2 Å². The molecule has 0 saturated heterocycles. The molecular weight excluding hydrogens is 373 g/mol. The van der Waals surface area contributed by atoms with E-state index in [9.17, 15) is 13.2 Å². The molecule has 1 aromatic carbocycles. The van der Waals surface area contributed by atoms with Crippen LogP contribution >= 0.6 is 0 Å². The van der Waals surface area contributed by atoms with Gasteiger partial charge in [0.2, 0.25) is 11.9 Å². The molecule has 3 aromatic heterocycles. The lowest BCUT2D eigenvalue weighted by Crippen LogP contribution is -2.12. The quantitative estimate of drug-likeness (QED) is 0.493. The number of anilines is 2. The number of benzene rings is 1. The fraction of sp³-hybridized carbons (Fsp3) is 0.118. The lowest BCUT2D eigenvalue weighted by Gasteiger charge is -2.09. The van der Waals surface area contributed by atoms with Crippen molar-refractivity contribution < 1.29 is 13.2 Å². The molecule has 4 N–H and O–H groups in total. The molecule has 8 nitrogen and oxygen atoms in total. The molecule has 3 heterocycles. The second-order valence-electron chi connectivity index (χ2n) is 5.88. The number of fused-ring (bicyclic) bond motifs is 1. The topological polar surface area (TPSA) is 118 Å². The zero-order valence-corrected chi connectivity index (χ0v) is 14.2. The zero-order valence-electron chi connectivity index (χ0n) is 14.2. The molecule has 4 rings (SSSR count). The fourth-order valence-electron chi connectivity index (χ4n) is 2.58. The van der Waals surface area contributed by atoms with Crippen molar-refractivity contribution in [1.82, 2.24) is 30.1 Å². The van der Waals surface area contributed by atoms with Gasteiger partial charge in [0.25, 0.3) is 0 Å². The van der Waals surface area contributed by atoms with E-state index in [1.165, 1.54) is 12.1 Å². The average Bonchev–Trinajstić information content (AvgIpc) is 3.13. The van der Waals surface area contributed by atoms with Gasteiger partial charge in [0.1, 0.15) is 5.69 Å². The number of nitrogens with one attached hydrogen (secondary N) is 2. The van der Waals surface area contributed by atoms with E-state index < -0.39 is 11.9 Å². The summed E-state index contributed by atoms with van der Waals surface area (Å²) in [7, 11) is 0. The highest BCUT2D eigenvalue weighted by Crippen LogP contribution is 2.27. The SMILES string of the molecule is Nc1nc(NCc2cccc(C(F)(F)F)n2)nc(-c2ccc3cn[nH]c3c2)n1. The van der Waals surface area contributed by atoms with Crippen LogP contribution in [0.5, 0.6) is 0 Å². The molecule has 28 heavy (non-hydrogen) atoms. The lowest BCUT2D eigenvalue weighted by atomic mass is 10.1. The molecule has 4 aromatic rings. The van der Waals surface area contributed by atoms with E-state index in [-0.39, 0.29) is 24.1 Å². The van der Waals surface area contributed by atoms with Crippen LogP contribution in [-0.4, -0.2) is 30.1 Å². The van der Waals surface area contributed by atoms with Gasteiger partial charge in [0, 0.05) is 10.9 Å². The summed E-state index contributed by atoms with van der Waals surface area (Å²) in [5, 5.41) is 10.6. The number of hydrogen-bond donors (Lipinski definition) is 3. The van der Waals surface area contributed by atoms with Crippen molar-refractivity contribution in [3.63, 3.8) is 0 Å². The van der Waals surface area contributed by atoms with Crippen molar-refractivity contribution in [2.24, 2.45) is 0 Å². The minimum atomic E-state index is -4.51. The first-order chi connectivity index (χ1) is 13.4. The van der Waals surface area contributed by atoms with Crippen LogP contribution in [0.4, 0.5) is 25.1 Å². The van der Waals surface area contributed by atoms with Crippen LogP contribution in [0.25, 0.3) is 22.3 Å². The molecule has 0 amide bonds. The molecular formula is C17H13F3N8. The summed E-state index contributed by atoms with van der Waals surface area (Å²) in [4.78, 5) is 16.0. The van der Waals surface area contributed by atoms with Crippen molar-refractivity contribution in [3.8, 4) is 11.4 Å². The largest absolute Gasteiger partial charge is 0.433 e. The van der Waals surface area contributed by atoms with E-state index in [0.717, 1.165) is 17.0 Å². The first-order valence-electron chi connectivity index (χ1n) is 8.10. The maximum atomic E-state index is 12.8. The first kappa shape index (κ1) is 17.6. The predicted molar refractivity (Wildman–Crippen MR) is 95.9 cm³/mol. The average molecular weight is 386 g/mol. The van der Waals surface area contributed by atoms with Crippen LogP contribution in [0.15, 0.2) is 42.6 Å². The summed E-state index contributed by atoms with van der Waals surface area (Å²) in [6.07, 6.45) is -2.82. The Hall–Kier alpha value is -3.76. The van der Waals surface area contributed by atoms with Gasteiger partial charge in [0.15, 0.2) is 5.82 Å². The third-order valence-corrected chi connectivity index (χ3v) is 3.88. The number of H-pyrrole nitrogens is 1. The van der Waals surface area contributed by atoms with Gasteiger partial charge in [-0.3, -0.25) is 5.10 Å². The number of hydrogen-bond acceptors (Lipinski definition) is 7. The first-order valence-corrected chi connectivity index (χ1v) is 8.10. The normalized spacial score (nSPS) is 11.7. The van der Waals surface area contributed by atoms with E-state index in [0.29, 0.717) is 11.4 Å². The van der Waals surface area contributed by atoms with E-state index in [4.69, 9.17) is 5.73 Å². The Balaban J connectivity index is 1.57. The summed E-state index contributed by atoms with van der Waals surface area (Å²) >= 11 is 0. The molecule has 0 aliphatic heterocycles. The van der Waals surface area contributed by atoms with Gasteiger partial charge in [-0.05, 0) is 18.2 Å². The molecule has 0 aliphatic rings. The third kappa shape index (κ3) is 3.68. The summed E-state index contributed by atoms with van der Waals surface area (Å²) in [6, 6.07) is 9.15. The highest BCUT2D eigenvalue weighted by atomic mass is 19.4. The van der Waals surface area contributed by atoms with Crippen molar-refractivity contribution in [2.45, 2.75) is 12.7 Å². The molecule has 0 bridgehead atoms. The van der Waals surface area contributed by atoms with Gasteiger partial charge < -0.3 is 11.1 Å². The second-order valence-corrected chi connectivity index (χ2v) is 5.88. The van der Waals surface area contributed by atoms with Gasteiger partial charge in [0.05, 0.1) is 24.0 Å².